The van der Waals surface area contributed by atoms with Crippen molar-refractivity contribution in [2.24, 2.45) is 5.92 Å². The predicted octanol–water partition coefficient (Wildman–Crippen LogP) is 10.1. The Morgan fingerprint density at radius 3 is 2.36 bits per heavy atom. The molecule has 50 heavy (non-hydrogen) atoms. The number of aryl methyl sites for hydroxylation is 1. The molecule has 0 N–H and O–H groups in total. The predicted molar refractivity (Wildman–Crippen MR) is 212 cm³/mol. The zero-order chi connectivity index (χ0) is 37.0. The minimum Gasteiger partial charge on any atom is -0.343 e. The number of hydrogen-bond donors (Lipinski definition) is 0. The molecule has 6 heteroatoms. The number of carbonyl (C=O) groups is 2. The van der Waals surface area contributed by atoms with Crippen molar-refractivity contribution in [1.82, 2.24) is 14.5 Å². The molecule has 0 saturated carbocycles. The van der Waals surface area contributed by atoms with Crippen molar-refractivity contribution in [1.29, 1.82) is 0 Å². The Morgan fingerprint density at radius 1 is 1.06 bits per heavy atom. The molecule has 0 radical (unpaired) electrons. The van der Waals surface area contributed by atoms with E-state index in [4.69, 9.17) is 16.6 Å². The molecule has 1 atom stereocenters. The second-order valence-corrected chi connectivity index (χ2v) is 14.4. The summed E-state index contributed by atoms with van der Waals surface area (Å²) in [5.74, 6) is 0.895. The lowest BCUT2D eigenvalue weighted by Gasteiger charge is -2.26. The van der Waals surface area contributed by atoms with Gasteiger partial charge in [0.25, 0.3) is 5.91 Å². The molecule has 1 aromatic carbocycles. The van der Waals surface area contributed by atoms with Gasteiger partial charge in [0.15, 0.2) is 5.78 Å². The molecule has 5 nitrogen and oxygen atoms in total. The van der Waals surface area contributed by atoms with Crippen LogP contribution in [-0.2, 0) is 17.9 Å². The van der Waals surface area contributed by atoms with Gasteiger partial charge in [-0.05, 0) is 93.7 Å². The van der Waals surface area contributed by atoms with Crippen LogP contribution < -0.4 is 10.6 Å². The number of amides is 1. The maximum atomic E-state index is 13.4. The minimum atomic E-state index is -0.431. The first kappa shape index (κ1) is 40.7. The first-order valence-corrected chi connectivity index (χ1v) is 19.1. The fraction of sp³-hybridized carbons (Fsp3) is 0.477. The number of aromatic nitrogens is 2. The first-order chi connectivity index (χ1) is 23.9. The number of benzene rings is 1. The van der Waals surface area contributed by atoms with Gasteiger partial charge in [-0.1, -0.05) is 114 Å². The number of Topliss-reactive ketones (excluding diaryl/α,β-unsaturated/α-hetero) is 1. The van der Waals surface area contributed by atoms with Crippen molar-refractivity contribution < 1.29 is 9.59 Å². The fourth-order valence-electron chi connectivity index (χ4n) is 6.32. The highest BCUT2D eigenvalue weighted by Crippen LogP contribution is 2.29. The number of fused-ring (bicyclic) bond motifs is 1. The van der Waals surface area contributed by atoms with E-state index in [2.05, 4.69) is 90.1 Å². The number of carbonyl (C=O) groups excluding carboxylic acids is 2. The van der Waals surface area contributed by atoms with E-state index in [0.29, 0.717) is 30.1 Å². The third kappa shape index (κ3) is 10.7. The Hall–Kier alpha value is -3.70. The molecule has 0 fully saturated rings. The summed E-state index contributed by atoms with van der Waals surface area (Å²) >= 11 is 6.78. The molecule has 4 rings (SSSR count). The van der Waals surface area contributed by atoms with Crippen molar-refractivity contribution >= 4 is 34.9 Å². The van der Waals surface area contributed by atoms with Gasteiger partial charge in [-0.25, -0.2) is 0 Å². The van der Waals surface area contributed by atoms with Gasteiger partial charge in [0.05, 0.1) is 16.8 Å². The number of hydrogen-bond acceptors (Lipinski definition) is 3. The summed E-state index contributed by atoms with van der Waals surface area (Å²) in [6, 6.07) is 9.78. The summed E-state index contributed by atoms with van der Waals surface area (Å²) in [6.07, 6.45) is 16.3. The lowest BCUT2D eigenvalue weighted by Crippen LogP contribution is -2.40. The summed E-state index contributed by atoms with van der Waals surface area (Å²) in [7, 11) is 0. The van der Waals surface area contributed by atoms with Crippen molar-refractivity contribution in [3.8, 4) is 0 Å². The molecule has 0 aliphatic carbocycles. The molecule has 2 aromatic heterocycles. The topological polar surface area (TPSA) is 55.2 Å². The van der Waals surface area contributed by atoms with Crippen LogP contribution in [0.15, 0.2) is 66.5 Å². The summed E-state index contributed by atoms with van der Waals surface area (Å²) in [4.78, 5) is 32.5. The van der Waals surface area contributed by atoms with Gasteiger partial charge >= 0.3 is 0 Å². The molecule has 0 saturated heterocycles. The van der Waals surface area contributed by atoms with Gasteiger partial charge < -0.3 is 9.47 Å². The number of ketones is 1. The molecule has 1 aliphatic rings. The number of allylic oxidation sites excluding steroid dienone is 3. The van der Waals surface area contributed by atoms with E-state index in [1.54, 1.807) is 11.8 Å². The van der Waals surface area contributed by atoms with Crippen LogP contribution in [-0.4, -0.2) is 32.2 Å². The second-order valence-electron chi connectivity index (χ2n) is 14.0. The monoisotopic (exact) mass is 697 g/mol. The second kappa shape index (κ2) is 19.6. The Bertz CT molecular complexity index is 1790. The zero-order valence-corrected chi connectivity index (χ0v) is 32.9. The third-order valence-corrected chi connectivity index (χ3v) is 10.1. The van der Waals surface area contributed by atoms with Crippen LogP contribution in [0.5, 0.6) is 0 Å². The Balaban J connectivity index is 0.00000103. The Kier molecular flexibility index (Phi) is 16.0. The summed E-state index contributed by atoms with van der Waals surface area (Å²) < 4.78 is 2.26. The van der Waals surface area contributed by atoms with E-state index in [-0.39, 0.29) is 11.7 Å². The van der Waals surface area contributed by atoms with Gasteiger partial charge in [0.2, 0.25) is 0 Å². The highest BCUT2D eigenvalue weighted by Gasteiger charge is 2.34. The van der Waals surface area contributed by atoms with Gasteiger partial charge in [-0.15, -0.1) is 0 Å². The SMILES string of the molecule is C=C(CC)CCC(C(C)=O)N1Cc2cc(Cn3ccc(=C(/C=C(\C)CCC)c4ncc(C)cc4Cl)/c3=C\CC)ccc2C1=O.CCC(C)CC. The van der Waals surface area contributed by atoms with Gasteiger partial charge in [-0.3, -0.25) is 14.6 Å². The molecule has 1 amide bonds. The van der Waals surface area contributed by atoms with Crippen molar-refractivity contribution in [2.45, 2.75) is 133 Å². The number of rotatable bonds is 15. The minimum absolute atomic E-state index is 0.0216. The Morgan fingerprint density at radius 2 is 1.78 bits per heavy atom. The van der Waals surface area contributed by atoms with Crippen LogP contribution in [0.4, 0.5) is 0 Å². The quantitative estimate of drug-likeness (QED) is 0.149. The number of halogens is 1. The zero-order valence-electron chi connectivity index (χ0n) is 32.2. The van der Waals surface area contributed by atoms with Crippen molar-refractivity contribution in [2.75, 3.05) is 0 Å². The maximum absolute atomic E-state index is 13.4. The summed E-state index contributed by atoms with van der Waals surface area (Å²) in [5, 5.41) is 2.86. The molecule has 0 spiro atoms. The van der Waals surface area contributed by atoms with Crippen LogP contribution in [0.25, 0.3) is 11.6 Å². The van der Waals surface area contributed by atoms with E-state index in [1.165, 1.54) is 18.4 Å². The maximum Gasteiger partial charge on any atom is 0.255 e. The average Bonchev–Trinajstić information content (AvgIpc) is 3.63. The lowest BCUT2D eigenvalue weighted by atomic mass is 10.0. The molecule has 1 aliphatic heterocycles. The van der Waals surface area contributed by atoms with Crippen LogP contribution >= 0.6 is 11.6 Å². The summed E-state index contributed by atoms with van der Waals surface area (Å²) in [5.41, 5.74) is 8.00. The van der Waals surface area contributed by atoms with Crippen LogP contribution in [0.2, 0.25) is 5.02 Å². The molecule has 1 unspecified atom stereocenters. The standard InChI is InChI=1S/C38H46ClN3O2.C6H14/c1-8-11-26(5)19-33(37-34(39)20-27(6)22-40-37)32-17-18-41(36(32)12-9-2)23-29-14-15-31-30(21-29)24-42(38(31)44)35(28(7)43)16-13-25(4)10-3;1-4-6(3)5-2/h12,14-15,17-22,35H,4,8-11,13,16,23-24H2,1-3,5-7H3;6H,4-5H2,1-3H3/b26-19+,33-32+,36-12+;. The molecule has 0 bridgehead atoms. The molecular weight excluding hydrogens is 638 g/mol. The smallest absolute Gasteiger partial charge is 0.255 e. The van der Waals surface area contributed by atoms with E-state index in [0.717, 1.165) is 82.1 Å². The van der Waals surface area contributed by atoms with Gasteiger partial charge in [-0.2, -0.15) is 0 Å². The van der Waals surface area contributed by atoms with Crippen molar-refractivity contribution in [3.05, 3.63) is 110 Å². The van der Waals surface area contributed by atoms with Crippen LogP contribution in [0.1, 0.15) is 139 Å². The van der Waals surface area contributed by atoms with E-state index in [1.807, 2.05) is 31.3 Å². The normalized spacial score (nSPS) is 14.5. The molecular formula is C44H60ClN3O2. The van der Waals surface area contributed by atoms with Gasteiger partial charge in [0.1, 0.15) is 0 Å². The highest BCUT2D eigenvalue weighted by atomic mass is 35.5. The van der Waals surface area contributed by atoms with Crippen LogP contribution in [0.3, 0.4) is 0 Å². The third-order valence-electron chi connectivity index (χ3n) is 9.83. The summed E-state index contributed by atoms with van der Waals surface area (Å²) in [6.45, 7) is 24.1. The number of nitrogens with zero attached hydrogens (tertiary/aromatic N) is 3. The average molecular weight is 698 g/mol. The number of pyridine rings is 1. The fourth-order valence-corrected chi connectivity index (χ4v) is 6.64. The first-order valence-electron chi connectivity index (χ1n) is 18.7. The van der Waals surface area contributed by atoms with E-state index >= 15 is 0 Å². The van der Waals surface area contributed by atoms with E-state index < -0.39 is 6.04 Å². The lowest BCUT2D eigenvalue weighted by molar-refractivity contribution is -0.121. The molecule has 270 valence electrons. The molecule has 3 aromatic rings. The molecule has 3 heterocycles. The van der Waals surface area contributed by atoms with Crippen molar-refractivity contribution in [3.63, 3.8) is 0 Å². The highest BCUT2D eigenvalue weighted by molar-refractivity contribution is 6.32. The van der Waals surface area contributed by atoms with Crippen LogP contribution in [0, 0.1) is 12.8 Å². The largest absolute Gasteiger partial charge is 0.343 e. The van der Waals surface area contributed by atoms with Gasteiger partial charge in [0, 0.05) is 47.2 Å². The van der Waals surface area contributed by atoms with E-state index in [9.17, 15) is 9.59 Å². The Labute approximate surface area is 306 Å².